The summed E-state index contributed by atoms with van der Waals surface area (Å²) < 4.78 is 5.40. The number of benzene rings is 1. The van der Waals surface area contributed by atoms with E-state index in [9.17, 15) is 9.90 Å². The minimum atomic E-state index is -0.520. The van der Waals surface area contributed by atoms with E-state index >= 15 is 0 Å². The Morgan fingerprint density at radius 1 is 1.38 bits per heavy atom. The standard InChI is InChI=1S/C16H22ClNO3/c1-16(2,3)21-15(20)18-8-11(10-19)13(9-18)12-6-4-5-7-14(12)17/h4-7,11,13,19H,8-10H2,1-3H3/t11-,13-/m0/s1. The summed E-state index contributed by atoms with van der Waals surface area (Å²) in [5.74, 6) is 0.0219. The first-order valence-corrected chi connectivity index (χ1v) is 7.53. The lowest BCUT2D eigenvalue weighted by Crippen LogP contribution is -2.35. The van der Waals surface area contributed by atoms with Crippen LogP contribution in [0, 0.1) is 5.92 Å². The van der Waals surface area contributed by atoms with Crippen molar-refractivity contribution in [2.24, 2.45) is 5.92 Å². The number of nitrogens with zero attached hydrogens (tertiary/aromatic N) is 1. The van der Waals surface area contributed by atoms with E-state index in [1.165, 1.54) is 0 Å². The van der Waals surface area contributed by atoms with Crippen LogP contribution in [0.4, 0.5) is 4.79 Å². The molecular formula is C16H22ClNO3. The summed E-state index contributed by atoms with van der Waals surface area (Å²) >= 11 is 6.24. The lowest BCUT2D eigenvalue weighted by molar-refractivity contribution is 0.0283. The van der Waals surface area contributed by atoms with Crippen molar-refractivity contribution in [1.29, 1.82) is 0 Å². The Labute approximate surface area is 130 Å². The number of aliphatic hydroxyl groups excluding tert-OH is 1. The highest BCUT2D eigenvalue weighted by molar-refractivity contribution is 6.31. The van der Waals surface area contributed by atoms with Crippen LogP contribution in [0.5, 0.6) is 0 Å². The molecule has 1 amide bonds. The molecule has 1 aromatic carbocycles. The molecule has 1 N–H and O–H groups in total. The molecule has 0 bridgehead atoms. The Balaban J connectivity index is 2.15. The molecule has 1 fully saturated rings. The highest BCUT2D eigenvalue weighted by atomic mass is 35.5. The van der Waals surface area contributed by atoms with Crippen molar-refractivity contribution in [2.75, 3.05) is 19.7 Å². The van der Waals surface area contributed by atoms with E-state index in [2.05, 4.69) is 0 Å². The fraction of sp³-hybridized carbons (Fsp3) is 0.562. The number of aliphatic hydroxyl groups is 1. The first-order valence-electron chi connectivity index (χ1n) is 7.15. The quantitative estimate of drug-likeness (QED) is 0.912. The molecule has 1 heterocycles. The van der Waals surface area contributed by atoms with E-state index in [1.54, 1.807) is 4.90 Å². The molecule has 2 atom stereocenters. The second-order valence-electron chi connectivity index (χ2n) is 6.46. The molecule has 0 unspecified atom stereocenters. The van der Waals surface area contributed by atoms with Gasteiger partial charge in [-0.25, -0.2) is 4.79 Å². The second kappa shape index (κ2) is 6.24. The Morgan fingerprint density at radius 3 is 2.62 bits per heavy atom. The first kappa shape index (κ1) is 16.1. The average Bonchev–Trinajstić information content (AvgIpc) is 2.81. The minimum absolute atomic E-state index is 0.0163. The van der Waals surface area contributed by atoms with Crippen LogP contribution in [-0.2, 0) is 4.74 Å². The third kappa shape index (κ3) is 3.89. The molecule has 2 rings (SSSR count). The van der Waals surface area contributed by atoms with Crippen LogP contribution >= 0.6 is 11.6 Å². The zero-order valence-corrected chi connectivity index (χ0v) is 13.4. The van der Waals surface area contributed by atoms with Crippen molar-refractivity contribution >= 4 is 17.7 Å². The van der Waals surface area contributed by atoms with Crippen LogP contribution < -0.4 is 0 Å². The van der Waals surface area contributed by atoms with Gasteiger partial charge < -0.3 is 14.7 Å². The van der Waals surface area contributed by atoms with Gasteiger partial charge in [-0.05, 0) is 32.4 Å². The number of halogens is 1. The van der Waals surface area contributed by atoms with E-state index in [4.69, 9.17) is 16.3 Å². The van der Waals surface area contributed by atoms with Gasteiger partial charge in [-0.2, -0.15) is 0 Å². The Hall–Kier alpha value is -1.26. The Kier molecular flexibility index (Phi) is 4.79. The van der Waals surface area contributed by atoms with Gasteiger partial charge in [0.15, 0.2) is 0 Å². The molecule has 21 heavy (non-hydrogen) atoms. The molecule has 116 valence electrons. The molecule has 1 aliphatic rings. The third-order valence-electron chi connectivity index (χ3n) is 3.63. The van der Waals surface area contributed by atoms with E-state index < -0.39 is 5.60 Å². The highest BCUT2D eigenvalue weighted by Crippen LogP contribution is 2.36. The van der Waals surface area contributed by atoms with Gasteiger partial charge in [0, 0.05) is 36.6 Å². The third-order valence-corrected chi connectivity index (χ3v) is 3.98. The monoisotopic (exact) mass is 311 g/mol. The molecule has 1 aliphatic heterocycles. The maximum atomic E-state index is 12.2. The van der Waals surface area contributed by atoms with Crippen LogP contribution in [0.3, 0.4) is 0 Å². The fourth-order valence-electron chi connectivity index (χ4n) is 2.66. The minimum Gasteiger partial charge on any atom is -0.444 e. The summed E-state index contributed by atoms with van der Waals surface area (Å²) in [6.07, 6.45) is -0.337. The van der Waals surface area contributed by atoms with Gasteiger partial charge in [0.2, 0.25) is 0 Å². The van der Waals surface area contributed by atoms with Gasteiger partial charge >= 0.3 is 6.09 Å². The van der Waals surface area contributed by atoms with Crippen molar-refractivity contribution < 1.29 is 14.6 Å². The van der Waals surface area contributed by atoms with Crippen molar-refractivity contribution in [3.63, 3.8) is 0 Å². The number of likely N-dealkylation sites (tertiary alicyclic amines) is 1. The molecule has 0 aliphatic carbocycles. The Morgan fingerprint density at radius 2 is 2.05 bits per heavy atom. The van der Waals surface area contributed by atoms with Gasteiger partial charge in [-0.3, -0.25) is 0 Å². The average molecular weight is 312 g/mol. The molecule has 0 aromatic heterocycles. The molecule has 1 aromatic rings. The van der Waals surface area contributed by atoms with Gasteiger partial charge in [0.05, 0.1) is 0 Å². The number of carbonyl (C=O) groups is 1. The number of carbonyl (C=O) groups excluding carboxylic acids is 1. The van der Waals surface area contributed by atoms with Crippen molar-refractivity contribution in [1.82, 2.24) is 4.90 Å². The SMILES string of the molecule is CC(C)(C)OC(=O)N1C[C@@H](CO)[C@@H](c2ccccc2Cl)C1. The number of amides is 1. The predicted molar refractivity (Wildman–Crippen MR) is 82.6 cm³/mol. The summed E-state index contributed by atoms with van der Waals surface area (Å²) in [5, 5.41) is 10.3. The summed E-state index contributed by atoms with van der Waals surface area (Å²) in [6, 6.07) is 7.59. The van der Waals surface area contributed by atoms with Crippen molar-refractivity contribution in [3.8, 4) is 0 Å². The lowest BCUT2D eigenvalue weighted by atomic mass is 9.89. The highest BCUT2D eigenvalue weighted by Gasteiger charge is 2.38. The first-order chi connectivity index (χ1) is 9.81. The largest absolute Gasteiger partial charge is 0.444 e. The molecule has 4 nitrogen and oxygen atoms in total. The zero-order valence-electron chi connectivity index (χ0n) is 12.7. The molecule has 0 saturated carbocycles. The Bertz CT molecular complexity index is 512. The lowest BCUT2D eigenvalue weighted by Gasteiger charge is -2.24. The van der Waals surface area contributed by atoms with Gasteiger partial charge in [0.1, 0.15) is 5.60 Å². The second-order valence-corrected chi connectivity index (χ2v) is 6.86. The van der Waals surface area contributed by atoms with E-state index in [0.29, 0.717) is 18.1 Å². The number of hydrogen-bond acceptors (Lipinski definition) is 3. The van der Waals surface area contributed by atoms with E-state index in [0.717, 1.165) is 5.56 Å². The molecule has 0 spiro atoms. The smallest absolute Gasteiger partial charge is 0.410 e. The fourth-order valence-corrected chi connectivity index (χ4v) is 2.94. The van der Waals surface area contributed by atoms with Gasteiger partial charge in [0.25, 0.3) is 0 Å². The molecule has 1 saturated heterocycles. The zero-order chi connectivity index (χ0) is 15.6. The maximum Gasteiger partial charge on any atom is 0.410 e. The van der Waals surface area contributed by atoms with Crippen molar-refractivity contribution in [2.45, 2.75) is 32.3 Å². The van der Waals surface area contributed by atoms with Crippen LogP contribution in [0.25, 0.3) is 0 Å². The molecule has 5 heteroatoms. The summed E-state index contributed by atoms with van der Waals surface area (Å²) in [4.78, 5) is 13.8. The summed E-state index contributed by atoms with van der Waals surface area (Å²) in [5.41, 5.74) is 0.457. The van der Waals surface area contributed by atoms with E-state index in [-0.39, 0.29) is 24.5 Å². The van der Waals surface area contributed by atoms with E-state index in [1.807, 2.05) is 45.0 Å². The summed E-state index contributed by atoms with van der Waals surface area (Å²) in [7, 11) is 0. The normalized spacial score (nSPS) is 22.4. The predicted octanol–water partition coefficient (Wildman–Crippen LogP) is 3.28. The molecule has 0 radical (unpaired) electrons. The van der Waals surface area contributed by atoms with Gasteiger partial charge in [-0.15, -0.1) is 0 Å². The summed E-state index contributed by atoms with van der Waals surface area (Å²) in [6.45, 7) is 6.56. The van der Waals surface area contributed by atoms with Crippen LogP contribution in [0.2, 0.25) is 5.02 Å². The van der Waals surface area contributed by atoms with Crippen molar-refractivity contribution in [3.05, 3.63) is 34.9 Å². The topological polar surface area (TPSA) is 49.8 Å². The maximum absolute atomic E-state index is 12.2. The number of ether oxygens (including phenoxy) is 1. The number of rotatable bonds is 2. The van der Waals surface area contributed by atoms with Crippen LogP contribution in [0.15, 0.2) is 24.3 Å². The number of hydrogen-bond donors (Lipinski definition) is 1. The van der Waals surface area contributed by atoms with Crippen LogP contribution in [-0.4, -0.2) is 41.4 Å². The van der Waals surface area contributed by atoms with Crippen LogP contribution in [0.1, 0.15) is 32.3 Å². The van der Waals surface area contributed by atoms with Gasteiger partial charge in [-0.1, -0.05) is 29.8 Å². The molecular weight excluding hydrogens is 290 g/mol.